The summed E-state index contributed by atoms with van der Waals surface area (Å²) in [6.45, 7) is 7.40. The van der Waals surface area contributed by atoms with Crippen molar-refractivity contribution in [2.24, 2.45) is 10.2 Å². The van der Waals surface area contributed by atoms with E-state index in [2.05, 4.69) is 19.4 Å². The van der Waals surface area contributed by atoms with E-state index in [9.17, 15) is 26.4 Å². The molecule has 174 valence electrons. The zero-order valence-electron chi connectivity index (χ0n) is 18.1. The fraction of sp³-hybridized carbons (Fsp3) is 0.556. The summed E-state index contributed by atoms with van der Waals surface area (Å²) in [5.74, 6) is 0.0856. The number of carbonyl (C=O) groups is 1. The van der Waals surface area contributed by atoms with Gasteiger partial charge in [0.05, 0.1) is 6.42 Å². The molecule has 0 fully saturated rings. The van der Waals surface area contributed by atoms with Crippen molar-refractivity contribution in [3.63, 3.8) is 0 Å². The molecule has 13 heteroatoms. The van der Waals surface area contributed by atoms with Crippen molar-refractivity contribution >= 4 is 27.4 Å². The van der Waals surface area contributed by atoms with Gasteiger partial charge >= 0.3 is 15.6 Å². The predicted octanol–water partition coefficient (Wildman–Crippen LogP) is 2.81. The molecule has 2 aliphatic heterocycles. The molecule has 0 radical (unpaired) electrons. The summed E-state index contributed by atoms with van der Waals surface area (Å²) in [6, 6.07) is 6.00. The fourth-order valence-electron chi connectivity index (χ4n) is 2.42. The average Bonchev–Trinajstić information content (AvgIpc) is 3.06. The number of hydrogen-bond donors (Lipinski definition) is 0. The standard InChI is InChI=1S/C7H9N.C6H9F3N2O3S.C5H8N2O/c1-6-4-3-5-7(2)8-6;1-4-3-5(11(2)10-4)14-15(12,13)6(7,8)9;1-4-3-5(8)7(2)6-4/h3-5H,1-2H3;5H,3H2,1-2H3;3H2,1-2H3. The van der Waals surface area contributed by atoms with E-state index in [1.165, 1.54) is 12.1 Å². The number of amides is 1. The second kappa shape index (κ2) is 10.7. The van der Waals surface area contributed by atoms with Gasteiger partial charge in [-0.2, -0.15) is 31.8 Å². The average molecular weight is 465 g/mol. The van der Waals surface area contributed by atoms with Gasteiger partial charge in [0.2, 0.25) is 5.91 Å². The smallest absolute Gasteiger partial charge is 0.273 e. The summed E-state index contributed by atoms with van der Waals surface area (Å²) >= 11 is 0. The van der Waals surface area contributed by atoms with Gasteiger partial charge in [0.25, 0.3) is 0 Å². The van der Waals surface area contributed by atoms with E-state index in [0.717, 1.165) is 22.1 Å². The lowest BCUT2D eigenvalue weighted by Crippen LogP contribution is -2.35. The first-order valence-electron chi connectivity index (χ1n) is 9.09. The first-order valence-corrected chi connectivity index (χ1v) is 10.5. The predicted molar refractivity (Wildman–Crippen MR) is 110 cm³/mol. The maximum Gasteiger partial charge on any atom is 0.523 e. The third-order valence-corrected chi connectivity index (χ3v) is 4.90. The molecule has 1 unspecified atom stereocenters. The van der Waals surface area contributed by atoms with E-state index in [4.69, 9.17) is 0 Å². The van der Waals surface area contributed by atoms with Gasteiger partial charge in [-0.25, -0.2) is 9.19 Å². The molecule has 3 rings (SSSR count). The van der Waals surface area contributed by atoms with E-state index < -0.39 is 21.9 Å². The Kier molecular flexibility index (Phi) is 9.11. The van der Waals surface area contributed by atoms with E-state index in [1.54, 1.807) is 14.0 Å². The van der Waals surface area contributed by atoms with Crippen LogP contribution in [0.5, 0.6) is 0 Å². The van der Waals surface area contributed by atoms with Gasteiger partial charge < -0.3 is 0 Å². The summed E-state index contributed by atoms with van der Waals surface area (Å²) in [4.78, 5) is 14.8. The number of aromatic nitrogens is 1. The third-order valence-electron chi connectivity index (χ3n) is 3.85. The van der Waals surface area contributed by atoms with Gasteiger partial charge in [-0.3, -0.25) is 14.8 Å². The van der Waals surface area contributed by atoms with Crippen molar-refractivity contribution in [1.82, 2.24) is 15.0 Å². The number of hydrazone groups is 2. The second-order valence-electron chi connectivity index (χ2n) is 6.91. The van der Waals surface area contributed by atoms with Crippen LogP contribution in [0.3, 0.4) is 0 Å². The highest BCUT2D eigenvalue weighted by Gasteiger charge is 2.49. The Morgan fingerprint density at radius 2 is 1.58 bits per heavy atom. The van der Waals surface area contributed by atoms with E-state index in [1.807, 2.05) is 39.0 Å². The number of hydrogen-bond acceptors (Lipinski definition) is 8. The number of nitrogens with zero attached hydrogens (tertiary/aromatic N) is 5. The van der Waals surface area contributed by atoms with Crippen molar-refractivity contribution < 1.29 is 30.6 Å². The number of alkyl halides is 3. The number of aryl methyl sites for hydroxylation is 2. The van der Waals surface area contributed by atoms with Crippen LogP contribution in [0.25, 0.3) is 0 Å². The summed E-state index contributed by atoms with van der Waals surface area (Å²) < 4.78 is 61.1. The van der Waals surface area contributed by atoms with Crippen LogP contribution in [0.2, 0.25) is 0 Å². The van der Waals surface area contributed by atoms with Gasteiger partial charge in [-0.05, 0) is 39.8 Å². The SMILES string of the molecule is CC1=NN(C)C(=O)C1.CC1=NN(C)C(OS(=O)(=O)C(F)(F)F)C1.Cc1cccc(C)n1. The molecule has 1 aromatic rings. The topological polar surface area (TPSA) is 105 Å². The first-order chi connectivity index (χ1) is 14.1. The molecule has 31 heavy (non-hydrogen) atoms. The van der Waals surface area contributed by atoms with Crippen LogP contribution in [0.4, 0.5) is 13.2 Å². The third kappa shape index (κ3) is 8.61. The highest BCUT2D eigenvalue weighted by Crippen LogP contribution is 2.28. The zero-order valence-corrected chi connectivity index (χ0v) is 19.0. The Morgan fingerprint density at radius 1 is 1.03 bits per heavy atom. The van der Waals surface area contributed by atoms with Crippen LogP contribution in [0.1, 0.15) is 38.1 Å². The number of halogens is 3. The second-order valence-corrected chi connectivity index (χ2v) is 8.48. The molecule has 0 spiro atoms. The summed E-state index contributed by atoms with van der Waals surface area (Å²) in [5.41, 5.74) is -1.81. The van der Waals surface area contributed by atoms with Gasteiger partial charge in [-0.1, -0.05) is 6.07 Å². The van der Waals surface area contributed by atoms with Crippen LogP contribution >= 0.6 is 0 Å². The molecule has 0 bridgehead atoms. The van der Waals surface area contributed by atoms with Gasteiger partial charge in [-0.15, -0.1) is 0 Å². The Bertz CT molecular complexity index is 931. The molecule has 9 nitrogen and oxygen atoms in total. The highest BCUT2D eigenvalue weighted by molar-refractivity contribution is 7.87. The number of rotatable bonds is 2. The molecule has 0 saturated heterocycles. The summed E-state index contributed by atoms with van der Waals surface area (Å²) in [5, 5.41) is 10.0. The van der Waals surface area contributed by atoms with Crippen LogP contribution in [-0.2, 0) is 19.1 Å². The van der Waals surface area contributed by atoms with E-state index in [-0.39, 0.29) is 12.3 Å². The fourth-order valence-corrected chi connectivity index (χ4v) is 3.01. The lowest BCUT2D eigenvalue weighted by molar-refractivity contribution is -0.127. The van der Waals surface area contributed by atoms with Crippen molar-refractivity contribution in [2.75, 3.05) is 14.1 Å². The molecule has 3 heterocycles. The van der Waals surface area contributed by atoms with Crippen LogP contribution < -0.4 is 0 Å². The molecular weight excluding hydrogens is 439 g/mol. The van der Waals surface area contributed by atoms with Gasteiger partial charge in [0.1, 0.15) is 0 Å². The number of pyridine rings is 1. The van der Waals surface area contributed by atoms with Crippen LogP contribution in [0.15, 0.2) is 28.4 Å². The van der Waals surface area contributed by atoms with Crippen LogP contribution in [0, 0.1) is 13.8 Å². The first kappa shape index (κ1) is 26.5. The minimum atomic E-state index is -5.55. The minimum Gasteiger partial charge on any atom is -0.273 e. The Balaban J connectivity index is 0.000000253. The molecule has 0 aliphatic carbocycles. The normalized spacial score (nSPS) is 18.6. The van der Waals surface area contributed by atoms with Crippen molar-refractivity contribution in [3.8, 4) is 0 Å². The maximum absolute atomic E-state index is 11.9. The lowest BCUT2D eigenvalue weighted by atomic mass is 10.3. The van der Waals surface area contributed by atoms with E-state index in [0.29, 0.717) is 12.1 Å². The quantitative estimate of drug-likeness (QED) is 0.491. The highest BCUT2D eigenvalue weighted by atomic mass is 32.2. The molecule has 1 aromatic heterocycles. The van der Waals surface area contributed by atoms with Crippen molar-refractivity contribution in [2.45, 2.75) is 52.3 Å². The Labute approximate surface area is 179 Å². The molecule has 0 saturated carbocycles. The molecular formula is C18H26F3N5O4S. The van der Waals surface area contributed by atoms with E-state index >= 15 is 0 Å². The zero-order chi connectivity index (χ0) is 24.0. The monoisotopic (exact) mass is 465 g/mol. The molecule has 1 amide bonds. The largest absolute Gasteiger partial charge is 0.523 e. The molecule has 0 N–H and O–H groups in total. The summed E-state index contributed by atoms with van der Waals surface area (Å²) in [7, 11) is -2.55. The molecule has 2 aliphatic rings. The molecule has 0 aromatic carbocycles. The van der Waals surface area contributed by atoms with Gasteiger partial charge in [0, 0.05) is 43.3 Å². The van der Waals surface area contributed by atoms with Crippen LogP contribution in [-0.4, -0.2) is 66.6 Å². The lowest BCUT2D eigenvalue weighted by Gasteiger charge is -2.19. The Morgan fingerprint density at radius 3 is 1.84 bits per heavy atom. The Hall–Kier alpha value is -2.54. The minimum absolute atomic E-state index is 0.0335. The number of carbonyl (C=O) groups excluding carboxylic acids is 1. The maximum atomic E-state index is 11.9. The molecule has 1 atom stereocenters. The summed E-state index contributed by atoms with van der Waals surface area (Å²) in [6.07, 6.45) is -0.681. The van der Waals surface area contributed by atoms with Crippen molar-refractivity contribution in [3.05, 3.63) is 29.6 Å². The van der Waals surface area contributed by atoms with Gasteiger partial charge in [0.15, 0.2) is 6.23 Å². The van der Waals surface area contributed by atoms with Crippen molar-refractivity contribution in [1.29, 1.82) is 0 Å².